The van der Waals surface area contributed by atoms with Crippen LogP contribution in [0.15, 0.2) is 33.9 Å². The molecule has 0 spiro atoms. The number of ether oxygens (including phenoxy) is 1. The Morgan fingerprint density at radius 1 is 1.13 bits per heavy atom. The minimum Gasteiger partial charge on any atom is -0.379 e. The third kappa shape index (κ3) is 4.68. The minimum atomic E-state index is -0.603. The first-order chi connectivity index (χ1) is 15.0. The fraction of sp³-hybridized carbons (Fsp3) is 0.450. The van der Waals surface area contributed by atoms with Crippen molar-refractivity contribution in [3.05, 3.63) is 56.7 Å². The number of nitrogens with zero attached hydrogens (tertiary/aromatic N) is 6. The Hall–Kier alpha value is -3.02. The number of nitrogens with one attached hydrogen (secondary N) is 1. The third-order valence-corrected chi connectivity index (χ3v) is 5.21. The predicted molar refractivity (Wildman–Crippen MR) is 112 cm³/mol. The van der Waals surface area contributed by atoms with E-state index in [4.69, 9.17) is 4.74 Å². The molecule has 0 bridgehead atoms. The van der Waals surface area contributed by atoms with Crippen molar-refractivity contribution in [2.24, 2.45) is 7.05 Å². The SMILES string of the molecule is Cn1c(=O)c2nc(CNCCCN3CCOCC3)nnc2n(-c2ccc(F)cc2)c1=O. The van der Waals surface area contributed by atoms with Crippen LogP contribution in [0.3, 0.4) is 0 Å². The van der Waals surface area contributed by atoms with Gasteiger partial charge in [0, 0.05) is 20.1 Å². The molecule has 4 rings (SSSR count). The summed E-state index contributed by atoms with van der Waals surface area (Å²) >= 11 is 0. The molecule has 1 saturated heterocycles. The zero-order chi connectivity index (χ0) is 21.8. The number of hydrogen-bond donors (Lipinski definition) is 1. The molecule has 3 aromatic rings. The van der Waals surface area contributed by atoms with Gasteiger partial charge in [-0.3, -0.25) is 14.3 Å². The van der Waals surface area contributed by atoms with Crippen molar-refractivity contribution < 1.29 is 9.13 Å². The molecule has 11 heteroatoms. The predicted octanol–water partition coefficient (Wildman–Crippen LogP) is -0.175. The number of halogens is 1. The number of aromatic nitrogens is 5. The van der Waals surface area contributed by atoms with Gasteiger partial charge in [-0.2, -0.15) is 0 Å². The smallest absolute Gasteiger partial charge is 0.337 e. The van der Waals surface area contributed by atoms with E-state index < -0.39 is 17.1 Å². The van der Waals surface area contributed by atoms with E-state index in [0.29, 0.717) is 18.1 Å². The van der Waals surface area contributed by atoms with Crippen LogP contribution < -0.4 is 16.6 Å². The van der Waals surface area contributed by atoms with Gasteiger partial charge in [-0.25, -0.2) is 18.7 Å². The molecule has 1 N–H and O–H groups in total. The third-order valence-electron chi connectivity index (χ3n) is 5.21. The van der Waals surface area contributed by atoms with Crippen LogP contribution in [0, 0.1) is 5.82 Å². The average molecular weight is 429 g/mol. The number of fused-ring (bicyclic) bond motifs is 1. The second-order valence-corrected chi connectivity index (χ2v) is 7.34. The summed E-state index contributed by atoms with van der Waals surface area (Å²) in [5.74, 6) is -0.0719. The van der Waals surface area contributed by atoms with Gasteiger partial charge >= 0.3 is 5.69 Å². The van der Waals surface area contributed by atoms with Gasteiger partial charge in [-0.15, -0.1) is 10.2 Å². The van der Waals surface area contributed by atoms with Crippen molar-refractivity contribution in [1.29, 1.82) is 0 Å². The van der Waals surface area contributed by atoms with Crippen LogP contribution in [-0.4, -0.2) is 68.6 Å². The Morgan fingerprint density at radius 3 is 2.61 bits per heavy atom. The molecule has 164 valence electrons. The maximum atomic E-state index is 13.3. The highest BCUT2D eigenvalue weighted by atomic mass is 19.1. The average Bonchev–Trinajstić information content (AvgIpc) is 2.79. The van der Waals surface area contributed by atoms with Gasteiger partial charge in [0.2, 0.25) is 0 Å². The van der Waals surface area contributed by atoms with Crippen molar-refractivity contribution in [3.63, 3.8) is 0 Å². The van der Waals surface area contributed by atoms with Gasteiger partial charge < -0.3 is 10.1 Å². The first kappa shape index (κ1) is 21.2. The van der Waals surface area contributed by atoms with Crippen molar-refractivity contribution in [3.8, 4) is 5.69 Å². The van der Waals surface area contributed by atoms with Gasteiger partial charge in [0.25, 0.3) is 5.56 Å². The fourth-order valence-corrected chi connectivity index (χ4v) is 3.48. The lowest BCUT2D eigenvalue weighted by atomic mass is 10.3. The Morgan fingerprint density at radius 2 is 1.87 bits per heavy atom. The van der Waals surface area contributed by atoms with Crippen LogP contribution >= 0.6 is 0 Å². The van der Waals surface area contributed by atoms with E-state index in [-0.39, 0.29) is 11.2 Å². The Labute approximate surface area is 177 Å². The van der Waals surface area contributed by atoms with Crippen LogP contribution in [-0.2, 0) is 18.3 Å². The monoisotopic (exact) mass is 429 g/mol. The van der Waals surface area contributed by atoms with Gasteiger partial charge in [0.15, 0.2) is 17.0 Å². The van der Waals surface area contributed by atoms with E-state index in [1.165, 1.54) is 35.9 Å². The molecular weight excluding hydrogens is 405 g/mol. The lowest BCUT2D eigenvalue weighted by molar-refractivity contribution is 0.0374. The molecule has 1 aliphatic rings. The molecule has 10 nitrogen and oxygen atoms in total. The van der Waals surface area contributed by atoms with Crippen molar-refractivity contribution >= 4 is 11.2 Å². The van der Waals surface area contributed by atoms with Crippen LogP contribution in [0.5, 0.6) is 0 Å². The lowest BCUT2D eigenvalue weighted by Crippen LogP contribution is -2.38. The highest BCUT2D eigenvalue weighted by molar-refractivity contribution is 5.70. The zero-order valence-electron chi connectivity index (χ0n) is 17.3. The van der Waals surface area contributed by atoms with E-state index in [2.05, 4.69) is 25.4 Å². The molecule has 31 heavy (non-hydrogen) atoms. The molecule has 1 aliphatic heterocycles. The molecule has 0 saturated carbocycles. The van der Waals surface area contributed by atoms with E-state index in [1.54, 1.807) is 0 Å². The molecule has 1 fully saturated rings. The minimum absolute atomic E-state index is 0.0338. The van der Waals surface area contributed by atoms with Gasteiger partial charge in [0.05, 0.1) is 25.4 Å². The first-order valence-corrected chi connectivity index (χ1v) is 10.2. The van der Waals surface area contributed by atoms with Crippen LogP contribution in [0.4, 0.5) is 4.39 Å². The normalized spacial score (nSPS) is 14.9. The first-order valence-electron chi connectivity index (χ1n) is 10.2. The maximum Gasteiger partial charge on any atom is 0.337 e. The summed E-state index contributed by atoms with van der Waals surface area (Å²) in [6.45, 7) is 5.58. The van der Waals surface area contributed by atoms with Crippen molar-refractivity contribution in [2.45, 2.75) is 13.0 Å². The summed E-state index contributed by atoms with van der Waals surface area (Å²) in [5.41, 5.74) is -0.713. The number of rotatable bonds is 7. The number of morpholine rings is 1. The van der Waals surface area contributed by atoms with Gasteiger partial charge in [-0.05, 0) is 43.8 Å². The zero-order valence-corrected chi connectivity index (χ0v) is 17.3. The summed E-state index contributed by atoms with van der Waals surface area (Å²) in [5, 5.41) is 11.4. The van der Waals surface area contributed by atoms with Crippen molar-refractivity contribution in [1.82, 2.24) is 34.5 Å². The standard InChI is InChI=1S/C20H24FN7O3/c1-26-19(29)17-18(28(20(26)30)15-5-3-14(21)4-6-15)25-24-16(23-17)13-22-7-2-8-27-9-11-31-12-10-27/h3-6,22H,2,7-13H2,1H3. The lowest BCUT2D eigenvalue weighted by Gasteiger charge is -2.26. The summed E-state index contributed by atoms with van der Waals surface area (Å²) in [6, 6.07) is 5.34. The highest BCUT2D eigenvalue weighted by Crippen LogP contribution is 2.11. The van der Waals surface area contributed by atoms with E-state index >= 15 is 0 Å². The van der Waals surface area contributed by atoms with Crippen LogP contribution in [0.1, 0.15) is 12.2 Å². The van der Waals surface area contributed by atoms with E-state index in [1.807, 2.05) is 0 Å². The summed E-state index contributed by atoms with van der Waals surface area (Å²) in [7, 11) is 1.37. The number of benzene rings is 1. The molecule has 0 amide bonds. The summed E-state index contributed by atoms with van der Waals surface area (Å²) < 4.78 is 20.8. The number of hydrogen-bond acceptors (Lipinski definition) is 8. The Kier molecular flexibility index (Phi) is 6.44. The maximum absolute atomic E-state index is 13.3. The van der Waals surface area contributed by atoms with E-state index in [0.717, 1.165) is 50.4 Å². The summed E-state index contributed by atoms with van der Waals surface area (Å²) in [4.78, 5) is 32.0. The molecule has 3 heterocycles. The Balaban J connectivity index is 1.51. The quantitative estimate of drug-likeness (QED) is 0.516. The van der Waals surface area contributed by atoms with Crippen LogP contribution in [0.25, 0.3) is 16.9 Å². The molecule has 1 aromatic carbocycles. The van der Waals surface area contributed by atoms with Gasteiger partial charge in [0.1, 0.15) is 5.82 Å². The molecule has 0 unspecified atom stereocenters. The summed E-state index contributed by atoms with van der Waals surface area (Å²) in [6.07, 6.45) is 0.965. The van der Waals surface area contributed by atoms with E-state index in [9.17, 15) is 14.0 Å². The fourth-order valence-electron chi connectivity index (χ4n) is 3.48. The molecule has 2 aromatic heterocycles. The van der Waals surface area contributed by atoms with Gasteiger partial charge in [-0.1, -0.05) is 0 Å². The molecule has 0 radical (unpaired) electrons. The Bertz CT molecular complexity index is 1170. The second-order valence-electron chi connectivity index (χ2n) is 7.34. The highest BCUT2D eigenvalue weighted by Gasteiger charge is 2.16. The molecular formula is C20H24FN7O3. The second kappa shape index (κ2) is 9.41. The molecule has 0 aliphatic carbocycles. The van der Waals surface area contributed by atoms with Crippen molar-refractivity contribution in [2.75, 3.05) is 39.4 Å². The topological polar surface area (TPSA) is 107 Å². The molecule has 0 atom stereocenters. The largest absolute Gasteiger partial charge is 0.379 e. The van der Waals surface area contributed by atoms with Crippen LogP contribution in [0.2, 0.25) is 0 Å².